The Balaban J connectivity index is 1.34. The molecule has 0 bridgehead atoms. The summed E-state index contributed by atoms with van der Waals surface area (Å²) >= 11 is 0. The van der Waals surface area contributed by atoms with E-state index in [1.54, 1.807) is 0 Å². The lowest BCUT2D eigenvalue weighted by Gasteiger charge is -2.29. The molecule has 1 amide bonds. The summed E-state index contributed by atoms with van der Waals surface area (Å²) < 4.78 is 34.1. The van der Waals surface area contributed by atoms with Crippen LogP contribution in [0.15, 0.2) is 60.7 Å². The van der Waals surface area contributed by atoms with E-state index < -0.39 is 23.1 Å². The smallest absolute Gasteiger partial charge is 0.260 e. The minimum Gasteiger partial charge on any atom is -0.491 e. The van der Waals surface area contributed by atoms with Crippen molar-refractivity contribution in [1.82, 2.24) is 9.80 Å². The molecular weight excluding hydrogens is 410 g/mol. The number of rotatable bonds is 3. The number of carbonyl (C=O) groups is 1. The molecule has 0 saturated carbocycles. The van der Waals surface area contributed by atoms with E-state index in [1.807, 2.05) is 18.2 Å². The van der Waals surface area contributed by atoms with Crippen LogP contribution in [0.25, 0.3) is 0 Å². The highest BCUT2D eigenvalue weighted by molar-refractivity contribution is 5.94. The Hall–Kier alpha value is -3.25. The van der Waals surface area contributed by atoms with Crippen LogP contribution in [0.1, 0.15) is 32.6 Å². The average Bonchev–Trinajstić information content (AvgIpc) is 3.01. The Morgan fingerprint density at radius 1 is 0.875 bits per heavy atom. The Morgan fingerprint density at radius 3 is 2.47 bits per heavy atom. The van der Waals surface area contributed by atoms with E-state index >= 15 is 0 Å². The molecule has 0 saturated heterocycles. The molecule has 2 aliphatic rings. The molecule has 0 aromatic heterocycles. The SMILES string of the molecule is O=C(c1c(F)cccc1F)N1CCOc2ccc(CN3CCc4ccccc4C3)cc2C1. The van der Waals surface area contributed by atoms with Gasteiger partial charge in [-0.05, 0) is 47.4 Å². The average molecular weight is 434 g/mol. The molecule has 0 radical (unpaired) electrons. The normalized spacial score (nSPS) is 16.0. The van der Waals surface area contributed by atoms with Gasteiger partial charge in [0.15, 0.2) is 0 Å². The fraction of sp³-hybridized carbons (Fsp3) is 0.269. The minimum atomic E-state index is -0.848. The van der Waals surface area contributed by atoms with E-state index in [-0.39, 0.29) is 19.7 Å². The lowest BCUT2D eigenvalue weighted by atomic mass is 9.99. The molecule has 4 nitrogen and oxygen atoms in total. The number of ether oxygens (including phenoxy) is 1. The summed E-state index contributed by atoms with van der Waals surface area (Å²) in [5.74, 6) is -1.64. The van der Waals surface area contributed by atoms with Crippen molar-refractivity contribution in [3.8, 4) is 5.75 Å². The minimum absolute atomic E-state index is 0.249. The first-order valence-electron chi connectivity index (χ1n) is 10.9. The number of halogens is 2. The first-order valence-corrected chi connectivity index (χ1v) is 10.9. The van der Waals surface area contributed by atoms with Crippen molar-refractivity contribution in [3.63, 3.8) is 0 Å². The second-order valence-electron chi connectivity index (χ2n) is 8.34. The molecule has 0 N–H and O–H groups in total. The van der Waals surface area contributed by atoms with Gasteiger partial charge in [0.2, 0.25) is 0 Å². The zero-order chi connectivity index (χ0) is 22.1. The van der Waals surface area contributed by atoms with E-state index in [0.717, 1.165) is 49.3 Å². The van der Waals surface area contributed by atoms with Gasteiger partial charge < -0.3 is 9.64 Å². The fourth-order valence-electron chi connectivity index (χ4n) is 4.53. The summed E-state index contributed by atoms with van der Waals surface area (Å²) in [4.78, 5) is 16.8. The van der Waals surface area contributed by atoms with Crippen LogP contribution in [0.4, 0.5) is 8.78 Å². The maximum atomic E-state index is 14.2. The molecule has 0 atom stereocenters. The van der Waals surface area contributed by atoms with Crippen molar-refractivity contribution in [1.29, 1.82) is 0 Å². The van der Waals surface area contributed by atoms with Crippen LogP contribution in [0.2, 0.25) is 0 Å². The molecule has 2 heterocycles. The molecule has 2 aliphatic heterocycles. The topological polar surface area (TPSA) is 32.8 Å². The van der Waals surface area contributed by atoms with Crippen LogP contribution in [0.3, 0.4) is 0 Å². The molecule has 3 aromatic rings. The molecule has 0 spiro atoms. The fourth-order valence-corrected chi connectivity index (χ4v) is 4.53. The van der Waals surface area contributed by atoms with Gasteiger partial charge in [0.25, 0.3) is 5.91 Å². The van der Waals surface area contributed by atoms with Gasteiger partial charge in [-0.25, -0.2) is 8.78 Å². The highest BCUT2D eigenvalue weighted by Crippen LogP contribution is 2.28. The third-order valence-electron chi connectivity index (χ3n) is 6.18. The summed E-state index contributed by atoms with van der Waals surface area (Å²) in [6.45, 7) is 3.47. The largest absolute Gasteiger partial charge is 0.491 e. The zero-order valence-electron chi connectivity index (χ0n) is 17.7. The third-order valence-corrected chi connectivity index (χ3v) is 6.18. The van der Waals surface area contributed by atoms with Crippen LogP contribution in [-0.2, 0) is 26.1 Å². The van der Waals surface area contributed by atoms with E-state index in [9.17, 15) is 13.6 Å². The molecule has 32 heavy (non-hydrogen) atoms. The van der Waals surface area contributed by atoms with Gasteiger partial charge in [0.05, 0.1) is 6.54 Å². The number of nitrogens with zero attached hydrogens (tertiary/aromatic N) is 2. The van der Waals surface area contributed by atoms with Gasteiger partial charge >= 0.3 is 0 Å². The van der Waals surface area contributed by atoms with Crippen LogP contribution in [0.5, 0.6) is 5.75 Å². The van der Waals surface area contributed by atoms with Gasteiger partial charge in [-0.3, -0.25) is 9.69 Å². The van der Waals surface area contributed by atoms with Crippen molar-refractivity contribution < 1.29 is 18.3 Å². The van der Waals surface area contributed by atoms with Crippen LogP contribution >= 0.6 is 0 Å². The summed E-state index contributed by atoms with van der Waals surface area (Å²) in [7, 11) is 0. The molecule has 0 unspecified atom stereocenters. The predicted octanol–water partition coefficient (Wildman–Crippen LogP) is 4.56. The first-order chi connectivity index (χ1) is 15.6. The second-order valence-corrected chi connectivity index (χ2v) is 8.34. The number of carbonyl (C=O) groups excluding carboxylic acids is 1. The predicted molar refractivity (Wildman–Crippen MR) is 117 cm³/mol. The number of hydrogen-bond acceptors (Lipinski definition) is 3. The molecule has 5 rings (SSSR count). The summed E-state index contributed by atoms with van der Waals surface area (Å²) in [5.41, 5.74) is 4.23. The lowest BCUT2D eigenvalue weighted by molar-refractivity contribution is 0.0723. The van der Waals surface area contributed by atoms with E-state index in [1.165, 1.54) is 22.1 Å². The first kappa shape index (κ1) is 20.6. The van der Waals surface area contributed by atoms with Gasteiger partial charge in [-0.2, -0.15) is 0 Å². The number of amides is 1. The summed E-state index contributed by atoms with van der Waals surface area (Å²) in [6.07, 6.45) is 1.03. The molecular formula is C26H24F2N2O2. The maximum Gasteiger partial charge on any atom is 0.260 e. The highest BCUT2D eigenvalue weighted by atomic mass is 19.1. The van der Waals surface area contributed by atoms with Crippen molar-refractivity contribution in [2.75, 3.05) is 19.7 Å². The standard InChI is InChI=1S/C26H24F2N2O2/c27-22-6-3-7-23(28)25(22)26(31)30-12-13-32-24-9-8-18(14-21(24)17-30)15-29-11-10-19-4-1-2-5-20(19)16-29/h1-9,14H,10-13,15-17H2. The zero-order valence-corrected chi connectivity index (χ0v) is 17.7. The van der Waals surface area contributed by atoms with E-state index in [0.29, 0.717) is 5.75 Å². The van der Waals surface area contributed by atoms with Crippen molar-refractivity contribution in [2.24, 2.45) is 0 Å². The number of hydrogen-bond donors (Lipinski definition) is 0. The molecule has 0 aliphatic carbocycles. The van der Waals surface area contributed by atoms with Gasteiger partial charge in [-0.15, -0.1) is 0 Å². The van der Waals surface area contributed by atoms with Crippen molar-refractivity contribution >= 4 is 5.91 Å². The molecule has 6 heteroatoms. The maximum absolute atomic E-state index is 14.2. The monoisotopic (exact) mass is 434 g/mol. The van der Waals surface area contributed by atoms with Gasteiger partial charge in [-0.1, -0.05) is 36.4 Å². The van der Waals surface area contributed by atoms with Crippen LogP contribution in [0, 0.1) is 11.6 Å². The Morgan fingerprint density at radius 2 is 1.66 bits per heavy atom. The number of benzene rings is 3. The summed E-state index contributed by atoms with van der Waals surface area (Å²) in [6, 6.07) is 18.0. The highest BCUT2D eigenvalue weighted by Gasteiger charge is 2.26. The molecule has 3 aromatic carbocycles. The Kier molecular flexibility index (Phi) is 5.62. The quantitative estimate of drug-likeness (QED) is 0.606. The molecule has 164 valence electrons. The number of fused-ring (bicyclic) bond motifs is 2. The van der Waals surface area contributed by atoms with Crippen LogP contribution < -0.4 is 4.74 Å². The van der Waals surface area contributed by atoms with Crippen molar-refractivity contribution in [3.05, 3.63) is 100 Å². The second kappa shape index (κ2) is 8.71. The van der Waals surface area contributed by atoms with Crippen molar-refractivity contribution in [2.45, 2.75) is 26.1 Å². The Bertz CT molecular complexity index is 1140. The lowest BCUT2D eigenvalue weighted by Crippen LogP contribution is -2.33. The van der Waals surface area contributed by atoms with E-state index in [4.69, 9.17) is 4.74 Å². The van der Waals surface area contributed by atoms with Gasteiger partial charge in [0, 0.05) is 31.7 Å². The third kappa shape index (κ3) is 4.10. The summed E-state index contributed by atoms with van der Waals surface area (Å²) in [5, 5.41) is 0. The van der Waals surface area contributed by atoms with Crippen LogP contribution in [-0.4, -0.2) is 35.4 Å². The van der Waals surface area contributed by atoms with E-state index in [2.05, 4.69) is 29.2 Å². The Labute approximate surface area is 186 Å². The molecule has 0 fully saturated rings. The van der Waals surface area contributed by atoms with Gasteiger partial charge in [0.1, 0.15) is 29.6 Å².